The molecule has 0 radical (unpaired) electrons. The molecule has 0 saturated carbocycles. The summed E-state index contributed by atoms with van der Waals surface area (Å²) in [6, 6.07) is 4.36. The van der Waals surface area contributed by atoms with Crippen molar-refractivity contribution in [1.29, 1.82) is 0 Å². The lowest BCUT2D eigenvalue weighted by atomic mass is 10.0. The maximum absolute atomic E-state index is 13.5. The van der Waals surface area contributed by atoms with Crippen LogP contribution in [0.15, 0.2) is 18.2 Å². The van der Waals surface area contributed by atoms with Crippen LogP contribution in [-0.4, -0.2) is 18.3 Å². The lowest BCUT2D eigenvalue weighted by molar-refractivity contribution is -0.103. The van der Waals surface area contributed by atoms with E-state index >= 15 is 0 Å². The Morgan fingerprint density at radius 3 is 2.48 bits per heavy atom. The van der Waals surface area contributed by atoms with Gasteiger partial charge in [-0.25, -0.2) is 4.39 Å². The van der Waals surface area contributed by atoms with Crippen molar-refractivity contribution >= 4 is 23.6 Å². The zero-order chi connectivity index (χ0) is 15.6. The number of allylic oxidation sites excluding steroid dienone is 1. The van der Waals surface area contributed by atoms with Gasteiger partial charge in [0.25, 0.3) is 0 Å². The number of halogens is 1. The van der Waals surface area contributed by atoms with Crippen LogP contribution in [0.2, 0.25) is 0 Å². The molecule has 1 heterocycles. The SMILES string of the molecule is CNc1ccc(F)cc1/C(C=O)=C/c1[nH]c(C)c(C)c1C. The minimum Gasteiger partial charge on any atom is -0.388 e. The van der Waals surface area contributed by atoms with Crippen LogP contribution in [0.3, 0.4) is 0 Å². The summed E-state index contributed by atoms with van der Waals surface area (Å²) in [7, 11) is 1.74. The lowest BCUT2D eigenvalue weighted by Gasteiger charge is -2.09. The molecule has 1 aromatic heterocycles. The first kappa shape index (κ1) is 15.0. The fourth-order valence-corrected chi connectivity index (χ4v) is 2.32. The molecule has 0 spiro atoms. The molecule has 1 aromatic carbocycles. The van der Waals surface area contributed by atoms with E-state index in [1.165, 1.54) is 17.7 Å². The highest BCUT2D eigenvalue weighted by atomic mass is 19.1. The van der Waals surface area contributed by atoms with E-state index in [1.807, 2.05) is 20.8 Å². The number of benzene rings is 1. The molecule has 2 N–H and O–H groups in total. The Morgan fingerprint density at radius 1 is 1.24 bits per heavy atom. The van der Waals surface area contributed by atoms with Crippen LogP contribution in [0, 0.1) is 26.6 Å². The molecule has 21 heavy (non-hydrogen) atoms. The van der Waals surface area contributed by atoms with Gasteiger partial charge < -0.3 is 10.3 Å². The summed E-state index contributed by atoms with van der Waals surface area (Å²) in [6.07, 6.45) is 2.51. The molecule has 0 bridgehead atoms. The second-order valence-electron chi connectivity index (χ2n) is 5.07. The van der Waals surface area contributed by atoms with E-state index in [2.05, 4.69) is 10.3 Å². The predicted octanol–water partition coefficient (Wildman–Crippen LogP) is 3.86. The summed E-state index contributed by atoms with van der Waals surface area (Å²) in [6.45, 7) is 6.01. The molecule has 0 aliphatic carbocycles. The Bertz CT molecular complexity index is 714. The van der Waals surface area contributed by atoms with Gasteiger partial charge in [0.1, 0.15) is 5.82 Å². The van der Waals surface area contributed by atoms with E-state index in [1.54, 1.807) is 19.2 Å². The van der Waals surface area contributed by atoms with Crippen molar-refractivity contribution < 1.29 is 9.18 Å². The number of aromatic amines is 1. The molecule has 0 unspecified atom stereocenters. The van der Waals surface area contributed by atoms with Crippen LogP contribution in [-0.2, 0) is 4.79 Å². The molecule has 0 saturated heterocycles. The third-order valence-electron chi connectivity index (χ3n) is 3.84. The van der Waals surface area contributed by atoms with Gasteiger partial charge in [-0.15, -0.1) is 0 Å². The van der Waals surface area contributed by atoms with Crippen LogP contribution in [0.4, 0.5) is 10.1 Å². The Hall–Kier alpha value is -2.36. The van der Waals surface area contributed by atoms with Crippen molar-refractivity contribution in [2.45, 2.75) is 20.8 Å². The molecule has 2 rings (SSSR count). The van der Waals surface area contributed by atoms with Crippen LogP contribution < -0.4 is 5.32 Å². The first-order valence-electron chi connectivity index (χ1n) is 6.78. The first-order valence-corrected chi connectivity index (χ1v) is 6.78. The van der Waals surface area contributed by atoms with Crippen molar-refractivity contribution in [1.82, 2.24) is 4.98 Å². The van der Waals surface area contributed by atoms with Gasteiger partial charge in [0.05, 0.1) is 0 Å². The second kappa shape index (κ2) is 5.95. The minimum absolute atomic E-state index is 0.368. The summed E-state index contributed by atoms with van der Waals surface area (Å²) < 4.78 is 13.5. The number of hydrogen-bond donors (Lipinski definition) is 2. The molecule has 2 aromatic rings. The number of H-pyrrole nitrogens is 1. The van der Waals surface area contributed by atoms with Gasteiger partial charge in [-0.3, -0.25) is 4.79 Å². The maximum Gasteiger partial charge on any atom is 0.150 e. The van der Waals surface area contributed by atoms with Crippen LogP contribution >= 0.6 is 0 Å². The molecular formula is C17H19FN2O. The summed E-state index contributed by atoms with van der Waals surface area (Å²) in [5.74, 6) is -0.368. The minimum atomic E-state index is -0.368. The van der Waals surface area contributed by atoms with Crippen LogP contribution in [0.5, 0.6) is 0 Å². The van der Waals surface area contributed by atoms with E-state index in [9.17, 15) is 9.18 Å². The Morgan fingerprint density at radius 2 is 1.95 bits per heavy atom. The van der Waals surface area contributed by atoms with Gasteiger partial charge in [0, 0.05) is 35.3 Å². The quantitative estimate of drug-likeness (QED) is 0.662. The number of carbonyl (C=O) groups is 1. The number of aryl methyl sites for hydroxylation is 1. The van der Waals surface area contributed by atoms with Gasteiger partial charge in [0.15, 0.2) is 6.29 Å². The molecule has 0 aliphatic rings. The standard InChI is InChI=1S/C17H19FN2O/c1-10-11(2)17(20-12(10)3)7-13(9-21)15-8-14(18)5-6-16(15)19-4/h5-9,19-20H,1-4H3/b13-7+. The average Bonchev–Trinajstić information content (AvgIpc) is 2.72. The molecule has 110 valence electrons. The van der Waals surface area contributed by atoms with Crippen molar-refractivity contribution in [3.63, 3.8) is 0 Å². The summed E-state index contributed by atoms with van der Waals surface area (Å²) in [5, 5.41) is 2.98. The van der Waals surface area contributed by atoms with Crippen LogP contribution in [0.25, 0.3) is 11.6 Å². The van der Waals surface area contributed by atoms with Crippen molar-refractivity contribution in [3.8, 4) is 0 Å². The largest absolute Gasteiger partial charge is 0.388 e. The summed E-state index contributed by atoms with van der Waals surface area (Å²) in [4.78, 5) is 14.7. The van der Waals surface area contributed by atoms with Gasteiger partial charge in [-0.2, -0.15) is 0 Å². The zero-order valence-electron chi connectivity index (χ0n) is 12.7. The number of aldehydes is 1. The number of rotatable bonds is 4. The fraction of sp³-hybridized carbons (Fsp3) is 0.235. The number of nitrogens with one attached hydrogen (secondary N) is 2. The highest BCUT2D eigenvalue weighted by molar-refractivity contribution is 6.15. The number of hydrogen-bond acceptors (Lipinski definition) is 2. The van der Waals surface area contributed by atoms with Gasteiger partial charge >= 0.3 is 0 Å². The third-order valence-corrected chi connectivity index (χ3v) is 3.84. The van der Waals surface area contributed by atoms with Crippen molar-refractivity contribution in [2.75, 3.05) is 12.4 Å². The van der Waals surface area contributed by atoms with E-state index < -0.39 is 0 Å². The van der Waals surface area contributed by atoms with Crippen LogP contribution in [0.1, 0.15) is 28.1 Å². The average molecular weight is 286 g/mol. The van der Waals surface area contributed by atoms with Crippen molar-refractivity contribution in [3.05, 3.63) is 52.1 Å². The maximum atomic E-state index is 13.5. The summed E-state index contributed by atoms with van der Waals surface area (Å²) >= 11 is 0. The highest BCUT2D eigenvalue weighted by Crippen LogP contribution is 2.27. The molecule has 4 heteroatoms. The molecule has 0 amide bonds. The monoisotopic (exact) mass is 286 g/mol. The van der Waals surface area contributed by atoms with Gasteiger partial charge in [-0.05, 0) is 56.2 Å². The fourth-order valence-electron chi connectivity index (χ4n) is 2.32. The first-order chi connectivity index (χ1) is 9.97. The topological polar surface area (TPSA) is 44.9 Å². The Kier molecular flexibility index (Phi) is 4.26. The molecule has 3 nitrogen and oxygen atoms in total. The Labute approximate surface area is 123 Å². The predicted molar refractivity (Wildman–Crippen MR) is 84.9 cm³/mol. The summed E-state index contributed by atoms with van der Waals surface area (Å²) in [5.41, 5.74) is 5.90. The number of carbonyl (C=O) groups excluding carboxylic acids is 1. The van der Waals surface area contributed by atoms with Gasteiger partial charge in [-0.1, -0.05) is 0 Å². The molecule has 0 fully saturated rings. The molecule has 0 aliphatic heterocycles. The van der Waals surface area contributed by atoms with E-state index in [0.29, 0.717) is 16.8 Å². The second-order valence-corrected chi connectivity index (χ2v) is 5.07. The third kappa shape index (κ3) is 2.89. The smallest absolute Gasteiger partial charge is 0.150 e. The van der Waals surface area contributed by atoms with E-state index in [0.717, 1.165) is 23.2 Å². The highest BCUT2D eigenvalue weighted by Gasteiger charge is 2.11. The van der Waals surface area contributed by atoms with E-state index in [4.69, 9.17) is 0 Å². The molecule has 0 atom stereocenters. The lowest BCUT2D eigenvalue weighted by Crippen LogP contribution is -1.97. The zero-order valence-corrected chi connectivity index (χ0v) is 12.7. The normalized spacial score (nSPS) is 11.6. The number of anilines is 1. The number of aromatic nitrogens is 1. The van der Waals surface area contributed by atoms with E-state index in [-0.39, 0.29) is 5.82 Å². The molecular weight excluding hydrogens is 267 g/mol. The van der Waals surface area contributed by atoms with Crippen molar-refractivity contribution in [2.24, 2.45) is 0 Å². The Balaban J connectivity index is 2.58. The van der Waals surface area contributed by atoms with Gasteiger partial charge in [0.2, 0.25) is 0 Å².